The van der Waals surface area contributed by atoms with E-state index in [-0.39, 0.29) is 11.4 Å². The number of sulfonamides is 1. The van der Waals surface area contributed by atoms with Gasteiger partial charge in [0.2, 0.25) is 10.0 Å². The summed E-state index contributed by atoms with van der Waals surface area (Å²) >= 11 is 0. The number of carboxylic acids is 1. The number of aryl methyl sites for hydroxylation is 1. The summed E-state index contributed by atoms with van der Waals surface area (Å²) in [7, 11) is -2.40. The van der Waals surface area contributed by atoms with E-state index in [0.717, 1.165) is 9.87 Å². The molecule has 0 aliphatic heterocycles. The van der Waals surface area contributed by atoms with Crippen LogP contribution in [0.2, 0.25) is 0 Å². The van der Waals surface area contributed by atoms with Crippen molar-refractivity contribution in [2.45, 2.75) is 18.7 Å². The van der Waals surface area contributed by atoms with E-state index in [4.69, 9.17) is 5.11 Å². The summed E-state index contributed by atoms with van der Waals surface area (Å²) in [5.74, 6) is -1.81. The minimum Gasteiger partial charge on any atom is -0.481 e. The van der Waals surface area contributed by atoms with Gasteiger partial charge in [0.1, 0.15) is 0 Å². The maximum atomic E-state index is 12.7. The number of carboxylic acid groups (broad SMARTS) is 1. The summed E-state index contributed by atoms with van der Waals surface area (Å²) in [6, 6.07) is 6.63. The molecule has 0 aliphatic rings. The maximum Gasteiger partial charge on any atom is 0.307 e. The molecule has 7 heteroatoms. The molecule has 22 heavy (non-hydrogen) atoms. The summed E-state index contributed by atoms with van der Waals surface area (Å²) in [6.07, 6.45) is 1.61. The van der Waals surface area contributed by atoms with Crippen LogP contribution in [0, 0.1) is 12.8 Å². The zero-order valence-corrected chi connectivity index (χ0v) is 13.5. The van der Waals surface area contributed by atoms with Gasteiger partial charge in [0.25, 0.3) is 0 Å². The minimum absolute atomic E-state index is 0.0900. The van der Waals surface area contributed by atoms with Gasteiger partial charge < -0.3 is 5.11 Å². The number of hydrogen-bond donors (Lipinski definition) is 1. The van der Waals surface area contributed by atoms with Gasteiger partial charge in [-0.15, -0.1) is 0 Å². The number of aromatic nitrogens is 1. The molecule has 1 unspecified atom stereocenters. The average Bonchev–Trinajstić information content (AvgIpc) is 2.47. The summed E-state index contributed by atoms with van der Waals surface area (Å²) in [6.45, 7) is 3.25. The van der Waals surface area contributed by atoms with Crippen LogP contribution in [0.5, 0.6) is 0 Å². The second-order valence-corrected chi connectivity index (χ2v) is 7.32. The highest BCUT2D eigenvalue weighted by Crippen LogP contribution is 2.26. The monoisotopic (exact) mass is 322 g/mol. The summed E-state index contributed by atoms with van der Waals surface area (Å²) in [5, 5.41) is 9.48. The molecule has 0 aliphatic carbocycles. The Hall–Kier alpha value is -1.99. The maximum absolute atomic E-state index is 12.7. The first-order valence-corrected chi connectivity index (χ1v) is 8.22. The molecule has 1 aromatic heterocycles. The van der Waals surface area contributed by atoms with Gasteiger partial charge in [0.15, 0.2) is 0 Å². The van der Waals surface area contributed by atoms with E-state index in [1.165, 1.54) is 20.0 Å². The molecule has 2 rings (SSSR count). The second kappa shape index (κ2) is 6.02. The first kappa shape index (κ1) is 16.4. The standard InChI is InChI=1S/C15H18N2O4S/c1-10-6-7-13(12-5-4-8-16-14(10)12)22(20,21)17(3)9-11(2)15(18)19/h4-8,11H,9H2,1-3H3,(H,18,19). The van der Waals surface area contributed by atoms with Crippen LogP contribution >= 0.6 is 0 Å². The highest BCUT2D eigenvalue weighted by atomic mass is 32.2. The van der Waals surface area contributed by atoms with Gasteiger partial charge in [-0.25, -0.2) is 12.7 Å². The van der Waals surface area contributed by atoms with Gasteiger partial charge in [-0.1, -0.05) is 13.0 Å². The van der Waals surface area contributed by atoms with Crippen LogP contribution in [0.15, 0.2) is 35.4 Å². The zero-order chi connectivity index (χ0) is 16.5. The SMILES string of the molecule is Cc1ccc(S(=O)(=O)N(C)CC(C)C(=O)O)c2cccnc12. The molecule has 1 heterocycles. The quantitative estimate of drug-likeness (QED) is 0.908. The lowest BCUT2D eigenvalue weighted by molar-refractivity contribution is -0.141. The molecular formula is C15H18N2O4S. The van der Waals surface area contributed by atoms with E-state index >= 15 is 0 Å². The topological polar surface area (TPSA) is 87.6 Å². The first-order valence-electron chi connectivity index (χ1n) is 6.78. The Bertz CT molecular complexity index is 817. The fraction of sp³-hybridized carbons (Fsp3) is 0.333. The van der Waals surface area contributed by atoms with Crippen LogP contribution in [0.3, 0.4) is 0 Å². The van der Waals surface area contributed by atoms with E-state index in [0.29, 0.717) is 10.9 Å². The van der Waals surface area contributed by atoms with Crippen LogP contribution in [0.1, 0.15) is 12.5 Å². The van der Waals surface area contributed by atoms with Crippen LogP contribution in [-0.4, -0.2) is 42.4 Å². The number of nitrogens with zero attached hydrogens (tertiary/aromatic N) is 2. The number of hydrogen-bond acceptors (Lipinski definition) is 4. The van der Waals surface area contributed by atoms with Crippen molar-refractivity contribution in [2.24, 2.45) is 5.92 Å². The van der Waals surface area contributed by atoms with Crippen molar-refractivity contribution in [3.63, 3.8) is 0 Å². The molecule has 0 spiro atoms. The smallest absolute Gasteiger partial charge is 0.307 e. The largest absolute Gasteiger partial charge is 0.481 e. The molecule has 0 saturated carbocycles. The minimum atomic E-state index is -3.78. The Labute approximate surface area is 129 Å². The van der Waals surface area contributed by atoms with Crippen LogP contribution in [-0.2, 0) is 14.8 Å². The lowest BCUT2D eigenvalue weighted by Crippen LogP contribution is -2.33. The zero-order valence-electron chi connectivity index (χ0n) is 12.6. The van der Waals surface area contributed by atoms with Gasteiger partial charge in [-0.2, -0.15) is 0 Å². The molecule has 6 nitrogen and oxygen atoms in total. The number of rotatable bonds is 5. The third-order valence-corrected chi connectivity index (χ3v) is 5.45. The van der Waals surface area contributed by atoms with Crippen LogP contribution < -0.4 is 0 Å². The number of benzene rings is 1. The molecule has 2 aromatic rings. The summed E-state index contributed by atoms with van der Waals surface area (Å²) < 4.78 is 26.5. The predicted octanol–water partition coefficient (Wildman–Crippen LogP) is 1.88. The third-order valence-electron chi connectivity index (χ3n) is 3.57. The predicted molar refractivity (Wildman–Crippen MR) is 83.1 cm³/mol. The lowest BCUT2D eigenvalue weighted by Gasteiger charge is -2.20. The Morgan fingerprint density at radius 1 is 1.36 bits per heavy atom. The number of fused-ring (bicyclic) bond motifs is 1. The fourth-order valence-corrected chi connectivity index (χ4v) is 3.68. The average molecular weight is 322 g/mol. The van der Waals surface area contributed by atoms with E-state index in [1.54, 1.807) is 24.4 Å². The molecule has 0 amide bonds. The molecule has 0 fully saturated rings. The van der Waals surface area contributed by atoms with Gasteiger partial charge in [-0.3, -0.25) is 9.78 Å². The van der Waals surface area contributed by atoms with Crippen molar-refractivity contribution in [3.05, 3.63) is 36.0 Å². The fourth-order valence-electron chi connectivity index (χ4n) is 2.24. The van der Waals surface area contributed by atoms with Crippen LogP contribution in [0.25, 0.3) is 10.9 Å². The van der Waals surface area contributed by atoms with Crippen molar-refractivity contribution in [2.75, 3.05) is 13.6 Å². The van der Waals surface area contributed by atoms with E-state index in [9.17, 15) is 13.2 Å². The molecule has 1 aromatic carbocycles. The Morgan fingerprint density at radius 2 is 2.05 bits per heavy atom. The van der Waals surface area contributed by atoms with Gasteiger partial charge in [0.05, 0.1) is 16.3 Å². The summed E-state index contributed by atoms with van der Waals surface area (Å²) in [5.41, 5.74) is 1.51. The van der Waals surface area contributed by atoms with E-state index in [2.05, 4.69) is 4.98 Å². The van der Waals surface area contributed by atoms with Crippen molar-refractivity contribution in [1.82, 2.24) is 9.29 Å². The van der Waals surface area contributed by atoms with Crippen molar-refractivity contribution in [3.8, 4) is 0 Å². The van der Waals surface area contributed by atoms with Crippen molar-refractivity contribution in [1.29, 1.82) is 0 Å². The Morgan fingerprint density at radius 3 is 2.68 bits per heavy atom. The molecular weight excluding hydrogens is 304 g/mol. The van der Waals surface area contributed by atoms with Crippen molar-refractivity contribution < 1.29 is 18.3 Å². The molecule has 1 N–H and O–H groups in total. The molecule has 118 valence electrons. The molecule has 0 saturated heterocycles. The third kappa shape index (κ3) is 2.95. The van der Waals surface area contributed by atoms with E-state index in [1.807, 2.05) is 6.92 Å². The first-order chi connectivity index (χ1) is 10.2. The molecule has 0 radical (unpaired) electrons. The molecule has 1 atom stereocenters. The highest BCUT2D eigenvalue weighted by molar-refractivity contribution is 7.89. The highest BCUT2D eigenvalue weighted by Gasteiger charge is 2.26. The number of carbonyl (C=O) groups is 1. The van der Waals surface area contributed by atoms with Crippen LogP contribution in [0.4, 0.5) is 0 Å². The second-order valence-electron chi connectivity index (χ2n) is 5.30. The Balaban J connectivity index is 2.51. The lowest BCUT2D eigenvalue weighted by atomic mass is 10.1. The van der Waals surface area contributed by atoms with Gasteiger partial charge >= 0.3 is 5.97 Å². The van der Waals surface area contributed by atoms with Gasteiger partial charge in [0, 0.05) is 25.2 Å². The van der Waals surface area contributed by atoms with Crippen molar-refractivity contribution >= 4 is 26.9 Å². The number of pyridine rings is 1. The van der Waals surface area contributed by atoms with Gasteiger partial charge in [-0.05, 0) is 30.7 Å². The van der Waals surface area contributed by atoms with E-state index < -0.39 is 21.9 Å². The Kier molecular flexibility index (Phi) is 4.48. The summed E-state index contributed by atoms with van der Waals surface area (Å²) in [4.78, 5) is 15.3. The number of aliphatic carboxylic acids is 1. The molecule has 0 bridgehead atoms. The normalized spacial score (nSPS) is 13.5.